The smallest absolute Gasteiger partial charge is 0.341 e. The van der Waals surface area contributed by atoms with Crippen molar-refractivity contribution in [2.75, 3.05) is 13.1 Å². The molecule has 0 bridgehead atoms. The number of likely N-dealkylation sites (tertiary alicyclic amines) is 1. The van der Waals surface area contributed by atoms with Crippen LogP contribution in [0, 0.1) is 0 Å². The van der Waals surface area contributed by atoms with Crippen LogP contribution in [0.1, 0.15) is 41.4 Å². The zero-order chi connectivity index (χ0) is 17.3. The normalized spacial score (nSPS) is 15.1. The highest BCUT2D eigenvalue weighted by Gasteiger charge is 2.17. The Morgan fingerprint density at radius 3 is 2.62 bits per heavy atom. The van der Waals surface area contributed by atoms with Crippen LogP contribution in [0.3, 0.4) is 0 Å². The summed E-state index contributed by atoms with van der Waals surface area (Å²) in [6.07, 6.45) is 5.15. The van der Waals surface area contributed by atoms with E-state index in [2.05, 4.69) is 20.5 Å². The van der Waals surface area contributed by atoms with E-state index in [4.69, 9.17) is 5.11 Å². The Balaban J connectivity index is 1.98. The Bertz CT molecular complexity index is 813. The van der Waals surface area contributed by atoms with Crippen LogP contribution in [0.25, 0.3) is 11.3 Å². The van der Waals surface area contributed by atoms with Gasteiger partial charge in [-0.1, -0.05) is 6.92 Å². The van der Waals surface area contributed by atoms with Crippen molar-refractivity contribution in [1.29, 1.82) is 0 Å². The maximum absolute atomic E-state index is 12.0. The van der Waals surface area contributed by atoms with Crippen LogP contribution in [-0.4, -0.2) is 38.6 Å². The molecule has 0 atom stereocenters. The summed E-state index contributed by atoms with van der Waals surface area (Å²) in [5.74, 6) is -1.19. The van der Waals surface area contributed by atoms with Crippen molar-refractivity contribution in [2.45, 2.75) is 32.7 Å². The molecule has 0 aliphatic carbocycles. The number of aromatic amines is 1. The maximum atomic E-state index is 12.0. The zero-order valence-electron chi connectivity index (χ0n) is 14.1. The molecule has 0 saturated carbocycles. The van der Waals surface area contributed by atoms with E-state index in [9.17, 15) is 9.59 Å². The molecule has 2 aromatic heterocycles. The van der Waals surface area contributed by atoms with Gasteiger partial charge in [-0.2, -0.15) is 0 Å². The second kappa shape index (κ2) is 6.65. The minimum atomic E-state index is -1.19. The maximum Gasteiger partial charge on any atom is 0.341 e. The summed E-state index contributed by atoms with van der Waals surface area (Å²) < 4.78 is 2.08. The molecule has 0 unspecified atom stereocenters. The van der Waals surface area contributed by atoms with Crippen LogP contribution in [0.15, 0.2) is 23.1 Å². The van der Waals surface area contributed by atoms with Crippen molar-refractivity contribution >= 4 is 5.97 Å². The van der Waals surface area contributed by atoms with Gasteiger partial charge in [0.05, 0.1) is 5.69 Å². The van der Waals surface area contributed by atoms with Crippen LogP contribution < -0.4 is 5.56 Å². The third-order valence-electron chi connectivity index (χ3n) is 4.71. The first-order chi connectivity index (χ1) is 11.5. The molecule has 24 heavy (non-hydrogen) atoms. The molecule has 6 nitrogen and oxygen atoms in total. The van der Waals surface area contributed by atoms with E-state index in [1.165, 1.54) is 24.6 Å². The summed E-state index contributed by atoms with van der Waals surface area (Å²) in [7, 11) is 2.00. The molecule has 1 aliphatic heterocycles. The van der Waals surface area contributed by atoms with E-state index in [1.54, 1.807) is 0 Å². The number of pyridine rings is 1. The first-order valence-corrected chi connectivity index (χ1v) is 8.37. The first-order valence-electron chi connectivity index (χ1n) is 8.37. The summed E-state index contributed by atoms with van der Waals surface area (Å²) in [5.41, 5.74) is 2.92. The van der Waals surface area contributed by atoms with Gasteiger partial charge in [-0.05, 0) is 50.0 Å². The summed E-state index contributed by atoms with van der Waals surface area (Å²) in [6, 6.07) is 3.58. The lowest BCUT2D eigenvalue weighted by atomic mass is 10.0. The Labute approximate surface area is 140 Å². The van der Waals surface area contributed by atoms with E-state index in [1.807, 2.05) is 20.2 Å². The number of H-pyrrole nitrogens is 1. The number of carboxylic acid groups (broad SMARTS) is 1. The Hall–Kier alpha value is -2.34. The van der Waals surface area contributed by atoms with Crippen LogP contribution in [0.5, 0.6) is 0 Å². The second-order valence-corrected chi connectivity index (χ2v) is 6.39. The van der Waals surface area contributed by atoms with Gasteiger partial charge in [0.25, 0.3) is 5.56 Å². The monoisotopic (exact) mass is 329 g/mol. The van der Waals surface area contributed by atoms with Gasteiger partial charge >= 0.3 is 5.97 Å². The van der Waals surface area contributed by atoms with Crippen LogP contribution in [-0.2, 0) is 20.0 Å². The number of hydrogen-bond acceptors (Lipinski definition) is 3. The van der Waals surface area contributed by atoms with E-state index in [0.29, 0.717) is 6.42 Å². The molecule has 1 fully saturated rings. The van der Waals surface area contributed by atoms with Crippen LogP contribution in [0.2, 0.25) is 0 Å². The van der Waals surface area contributed by atoms with Crippen molar-refractivity contribution < 1.29 is 9.90 Å². The van der Waals surface area contributed by atoms with E-state index < -0.39 is 11.5 Å². The molecular formula is C18H23N3O3. The highest BCUT2D eigenvalue weighted by atomic mass is 16.4. The summed E-state index contributed by atoms with van der Waals surface area (Å²) >= 11 is 0. The lowest BCUT2D eigenvalue weighted by molar-refractivity contribution is 0.0695. The third kappa shape index (κ3) is 3.14. The van der Waals surface area contributed by atoms with Crippen molar-refractivity contribution in [3.05, 3.63) is 45.5 Å². The Kier molecular flexibility index (Phi) is 4.57. The van der Waals surface area contributed by atoms with Gasteiger partial charge in [0.15, 0.2) is 0 Å². The van der Waals surface area contributed by atoms with E-state index in [0.717, 1.165) is 36.5 Å². The van der Waals surface area contributed by atoms with Crippen LogP contribution >= 0.6 is 0 Å². The molecule has 1 aliphatic rings. The van der Waals surface area contributed by atoms with Gasteiger partial charge in [0, 0.05) is 31.0 Å². The van der Waals surface area contributed by atoms with Crippen molar-refractivity contribution in [1.82, 2.24) is 14.5 Å². The number of nitrogens with one attached hydrogen (secondary N) is 1. The molecule has 1 saturated heterocycles. The number of rotatable bonds is 5. The molecule has 3 rings (SSSR count). The number of aromatic carboxylic acids is 1. The fourth-order valence-electron chi connectivity index (χ4n) is 3.34. The minimum Gasteiger partial charge on any atom is -0.477 e. The molecule has 0 aromatic carbocycles. The van der Waals surface area contributed by atoms with Crippen molar-refractivity contribution in [3.8, 4) is 11.3 Å². The molecule has 2 N–H and O–H groups in total. The predicted octanol–water partition coefficient (Wildman–Crippen LogP) is 2.24. The first kappa shape index (κ1) is 16.5. The topological polar surface area (TPSA) is 78.3 Å². The molecule has 6 heteroatoms. The lowest BCUT2D eigenvalue weighted by Gasteiger charge is -2.14. The average molecular weight is 329 g/mol. The molecule has 0 amide bonds. The van der Waals surface area contributed by atoms with Crippen LogP contribution in [0.4, 0.5) is 0 Å². The third-order valence-corrected chi connectivity index (χ3v) is 4.71. The second-order valence-electron chi connectivity index (χ2n) is 6.39. The predicted molar refractivity (Wildman–Crippen MR) is 92.3 cm³/mol. The van der Waals surface area contributed by atoms with Gasteiger partial charge in [0.2, 0.25) is 0 Å². The molecule has 128 valence electrons. The fraction of sp³-hybridized carbons (Fsp3) is 0.444. The van der Waals surface area contributed by atoms with Gasteiger partial charge in [-0.15, -0.1) is 0 Å². The van der Waals surface area contributed by atoms with Gasteiger partial charge < -0.3 is 14.7 Å². The highest BCUT2D eigenvalue weighted by Crippen LogP contribution is 2.25. The molecule has 0 radical (unpaired) electrons. The van der Waals surface area contributed by atoms with Crippen molar-refractivity contribution in [2.24, 2.45) is 7.05 Å². The summed E-state index contributed by atoms with van der Waals surface area (Å²) in [4.78, 5) is 28.4. The fourth-order valence-corrected chi connectivity index (χ4v) is 3.34. The lowest BCUT2D eigenvalue weighted by Crippen LogP contribution is -2.19. The van der Waals surface area contributed by atoms with Crippen molar-refractivity contribution in [3.63, 3.8) is 0 Å². The number of aromatic nitrogens is 2. The van der Waals surface area contributed by atoms with Gasteiger partial charge in [-0.25, -0.2) is 4.79 Å². The largest absolute Gasteiger partial charge is 0.477 e. The molecular weight excluding hydrogens is 306 g/mol. The number of carboxylic acids is 1. The molecule has 0 spiro atoms. The average Bonchev–Trinajstić information content (AvgIpc) is 3.17. The zero-order valence-corrected chi connectivity index (χ0v) is 14.1. The standard InChI is InChI=1S/C18H23N3O3/c1-3-12-9-15(18(23)24)17(22)19-16(12)13-8-14(20(2)10-13)11-21-6-4-5-7-21/h8-10H,3-7,11H2,1-2H3,(H,19,22)(H,23,24). The number of aryl methyl sites for hydroxylation is 2. The van der Waals surface area contributed by atoms with E-state index >= 15 is 0 Å². The molecule has 3 heterocycles. The summed E-state index contributed by atoms with van der Waals surface area (Å²) in [6.45, 7) is 5.11. The quantitative estimate of drug-likeness (QED) is 0.882. The number of nitrogens with zero attached hydrogens (tertiary/aromatic N) is 2. The Morgan fingerprint density at radius 2 is 2.00 bits per heavy atom. The summed E-state index contributed by atoms with van der Waals surface area (Å²) in [5, 5.41) is 9.13. The van der Waals surface area contributed by atoms with Gasteiger partial charge in [-0.3, -0.25) is 9.69 Å². The van der Waals surface area contributed by atoms with E-state index in [-0.39, 0.29) is 5.56 Å². The van der Waals surface area contributed by atoms with Gasteiger partial charge in [0.1, 0.15) is 5.56 Å². The minimum absolute atomic E-state index is 0.205. The SMILES string of the molecule is CCc1cc(C(=O)O)c(=O)[nH]c1-c1cc(CN2CCCC2)n(C)c1. The molecule has 2 aromatic rings. The highest BCUT2D eigenvalue weighted by molar-refractivity contribution is 5.88. The number of carbonyl (C=O) groups is 1. The Morgan fingerprint density at radius 1 is 1.29 bits per heavy atom. The number of hydrogen-bond donors (Lipinski definition) is 2.